The van der Waals surface area contributed by atoms with Crippen LogP contribution in [0.1, 0.15) is 17.2 Å². The number of carboxylic acid groups (broad SMARTS) is 1. The molecule has 98 valence electrons. The standard InChI is InChI=1S/C15H14ClNO2/c1-10-6-5-9-12(13(10)16)17-14(15(18)19)11-7-3-2-4-8-11/h2-9,14,17H,1H3,(H,18,19). The van der Waals surface area contributed by atoms with Crippen LogP contribution in [0.2, 0.25) is 5.02 Å². The number of hydrogen-bond donors (Lipinski definition) is 2. The van der Waals surface area contributed by atoms with Gasteiger partial charge in [0.05, 0.1) is 10.7 Å². The van der Waals surface area contributed by atoms with E-state index in [4.69, 9.17) is 11.6 Å². The van der Waals surface area contributed by atoms with E-state index >= 15 is 0 Å². The number of aliphatic carboxylic acids is 1. The fourth-order valence-corrected chi connectivity index (χ4v) is 2.03. The summed E-state index contributed by atoms with van der Waals surface area (Å²) in [5, 5.41) is 12.9. The van der Waals surface area contributed by atoms with Crippen molar-refractivity contribution in [3.8, 4) is 0 Å². The van der Waals surface area contributed by atoms with E-state index in [0.29, 0.717) is 16.3 Å². The summed E-state index contributed by atoms with van der Waals surface area (Å²) >= 11 is 6.17. The molecule has 0 aliphatic carbocycles. The van der Waals surface area contributed by atoms with E-state index in [1.807, 2.05) is 37.3 Å². The largest absolute Gasteiger partial charge is 0.479 e. The van der Waals surface area contributed by atoms with Gasteiger partial charge in [-0.15, -0.1) is 0 Å². The second-order valence-electron chi connectivity index (χ2n) is 4.26. The zero-order chi connectivity index (χ0) is 13.8. The van der Waals surface area contributed by atoms with Crippen LogP contribution in [0.4, 0.5) is 5.69 Å². The van der Waals surface area contributed by atoms with Crippen LogP contribution in [0.3, 0.4) is 0 Å². The SMILES string of the molecule is Cc1cccc(NC(C(=O)O)c2ccccc2)c1Cl. The minimum atomic E-state index is -0.941. The molecule has 2 rings (SSSR count). The highest BCUT2D eigenvalue weighted by atomic mass is 35.5. The van der Waals surface area contributed by atoms with Gasteiger partial charge in [-0.1, -0.05) is 54.1 Å². The molecule has 0 saturated carbocycles. The zero-order valence-electron chi connectivity index (χ0n) is 10.4. The number of carboxylic acids is 1. The molecule has 1 atom stereocenters. The third-order valence-corrected chi connectivity index (χ3v) is 3.37. The van der Waals surface area contributed by atoms with Crippen molar-refractivity contribution in [3.63, 3.8) is 0 Å². The molecular weight excluding hydrogens is 262 g/mol. The lowest BCUT2D eigenvalue weighted by molar-refractivity contribution is -0.138. The molecule has 2 aromatic carbocycles. The predicted molar refractivity (Wildman–Crippen MR) is 76.6 cm³/mol. The molecule has 0 heterocycles. The van der Waals surface area contributed by atoms with Crippen molar-refractivity contribution in [3.05, 3.63) is 64.7 Å². The van der Waals surface area contributed by atoms with E-state index in [1.54, 1.807) is 18.2 Å². The Bertz CT molecular complexity index is 584. The molecule has 0 aromatic heterocycles. The third kappa shape index (κ3) is 3.06. The summed E-state index contributed by atoms with van der Waals surface area (Å²) in [6, 6.07) is 13.7. The molecule has 0 radical (unpaired) electrons. The van der Waals surface area contributed by atoms with Crippen molar-refractivity contribution in [1.29, 1.82) is 0 Å². The molecule has 0 spiro atoms. The van der Waals surface area contributed by atoms with E-state index in [9.17, 15) is 9.90 Å². The van der Waals surface area contributed by atoms with Crippen LogP contribution in [0, 0.1) is 6.92 Å². The summed E-state index contributed by atoms with van der Waals surface area (Å²) in [5.41, 5.74) is 2.22. The van der Waals surface area contributed by atoms with E-state index < -0.39 is 12.0 Å². The lowest BCUT2D eigenvalue weighted by Crippen LogP contribution is -2.20. The summed E-state index contributed by atoms with van der Waals surface area (Å²) in [6.07, 6.45) is 0. The van der Waals surface area contributed by atoms with Crippen LogP contribution in [0.15, 0.2) is 48.5 Å². The molecule has 0 amide bonds. The van der Waals surface area contributed by atoms with E-state index in [1.165, 1.54) is 0 Å². The monoisotopic (exact) mass is 275 g/mol. The molecule has 4 heteroatoms. The molecule has 1 unspecified atom stereocenters. The van der Waals surface area contributed by atoms with Gasteiger partial charge in [0, 0.05) is 0 Å². The minimum absolute atomic E-state index is 0.546. The van der Waals surface area contributed by atoms with Gasteiger partial charge < -0.3 is 10.4 Å². The maximum atomic E-state index is 11.4. The number of hydrogen-bond acceptors (Lipinski definition) is 2. The fourth-order valence-electron chi connectivity index (χ4n) is 1.85. The maximum Gasteiger partial charge on any atom is 0.330 e. The molecular formula is C15H14ClNO2. The summed E-state index contributed by atoms with van der Waals surface area (Å²) in [5.74, 6) is -0.941. The average Bonchev–Trinajstić information content (AvgIpc) is 2.41. The fraction of sp³-hybridized carbons (Fsp3) is 0.133. The van der Waals surface area contributed by atoms with Gasteiger partial charge in [0.15, 0.2) is 6.04 Å². The summed E-state index contributed by atoms with van der Waals surface area (Å²) in [6.45, 7) is 1.88. The van der Waals surface area contributed by atoms with Crippen molar-refractivity contribution in [1.82, 2.24) is 0 Å². The Kier molecular flexibility index (Phi) is 4.07. The Morgan fingerprint density at radius 2 is 1.84 bits per heavy atom. The van der Waals surface area contributed by atoms with Crippen LogP contribution in [-0.4, -0.2) is 11.1 Å². The molecule has 19 heavy (non-hydrogen) atoms. The molecule has 2 aromatic rings. The highest BCUT2D eigenvalue weighted by Crippen LogP contribution is 2.28. The minimum Gasteiger partial charge on any atom is -0.479 e. The molecule has 0 fully saturated rings. The Hall–Kier alpha value is -2.00. The van der Waals surface area contributed by atoms with Crippen LogP contribution >= 0.6 is 11.6 Å². The van der Waals surface area contributed by atoms with Crippen molar-refractivity contribution >= 4 is 23.3 Å². The quantitative estimate of drug-likeness (QED) is 0.890. The van der Waals surface area contributed by atoms with Gasteiger partial charge in [0.1, 0.15) is 0 Å². The second-order valence-corrected chi connectivity index (χ2v) is 4.64. The topological polar surface area (TPSA) is 49.3 Å². The molecule has 2 N–H and O–H groups in total. The first-order valence-corrected chi connectivity index (χ1v) is 6.27. The van der Waals surface area contributed by atoms with E-state index in [-0.39, 0.29) is 0 Å². The van der Waals surface area contributed by atoms with Crippen molar-refractivity contribution in [2.45, 2.75) is 13.0 Å². The summed E-state index contributed by atoms with van der Waals surface area (Å²) < 4.78 is 0. The van der Waals surface area contributed by atoms with Crippen LogP contribution in [0.25, 0.3) is 0 Å². The van der Waals surface area contributed by atoms with Gasteiger partial charge in [-0.25, -0.2) is 4.79 Å². The van der Waals surface area contributed by atoms with Crippen molar-refractivity contribution in [2.75, 3.05) is 5.32 Å². The lowest BCUT2D eigenvalue weighted by Gasteiger charge is -2.17. The highest BCUT2D eigenvalue weighted by Gasteiger charge is 2.20. The Morgan fingerprint density at radius 3 is 2.47 bits per heavy atom. The van der Waals surface area contributed by atoms with Gasteiger partial charge in [0.2, 0.25) is 0 Å². The zero-order valence-corrected chi connectivity index (χ0v) is 11.2. The third-order valence-electron chi connectivity index (χ3n) is 2.87. The first-order valence-electron chi connectivity index (χ1n) is 5.89. The van der Waals surface area contributed by atoms with E-state index in [2.05, 4.69) is 5.32 Å². The normalized spacial score (nSPS) is 11.9. The number of anilines is 1. The summed E-state index contributed by atoms with van der Waals surface area (Å²) in [4.78, 5) is 11.4. The van der Waals surface area contributed by atoms with E-state index in [0.717, 1.165) is 5.56 Å². The lowest BCUT2D eigenvalue weighted by atomic mass is 10.1. The predicted octanol–water partition coefficient (Wildman–Crippen LogP) is 3.89. The average molecular weight is 276 g/mol. The number of aryl methyl sites for hydroxylation is 1. The molecule has 0 aliphatic rings. The summed E-state index contributed by atoms with van der Waals surface area (Å²) in [7, 11) is 0. The van der Waals surface area contributed by atoms with Gasteiger partial charge in [-0.2, -0.15) is 0 Å². The van der Waals surface area contributed by atoms with Gasteiger partial charge in [-0.05, 0) is 24.1 Å². The van der Waals surface area contributed by atoms with Gasteiger partial charge >= 0.3 is 5.97 Å². The highest BCUT2D eigenvalue weighted by molar-refractivity contribution is 6.34. The van der Waals surface area contributed by atoms with Gasteiger partial charge in [-0.3, -0.25) is 0 Å². The van der Waals surface area contributed by atoms with Crippen LogP contribution in [-0.2, 0) is 4.79 Å². The number of nitrogens with one attached hydrogen (secondary N) is 1. The van der Waals surface area contributed by atoms with Crippen molar-refractivity contribution < 1.29 is 9.90 Å². The van der Waals surface area contributed by atoms with Gasteiger partial charge in [0.25, 0.3) is 0 Å². The first-order chi connectivity index (χ1) is 9.09. The molecule has 0 aliphatic heterocycles. The maximum absolute atomic E-state index is 11.4. The molecule has 3 nitrogen and oxygen atoms in total. The molecule has 0 saturated heterocycles. The molecule has 0 bridgehead atoms. The number of halogens is 1. The number of benzene rings is 2. The van der Waals surface area contributed by atoms with Crippen LogP contribution < -0.4 is 5.32 Å². The number of carbonyl (C=O) groups is 1. The number of rotatable bonds is 4. The Balaban J connectivity index is 2.32. The second kappa shape index (κ2) is 5.76. The Labute approximate surface area is 116 Å². The van der Waals surface area contributed by atoms with Crippen LogP contribution in [0.5, 0.6) is 0 Å². The Morgan fingerprint density at radius 1 is 1.16 bits per heavy atom. The van der Waals surface area contributed by atoms with Crippen molar-refractivity contribution in [2.24, 2.45) is 0 Å². The first kappa shape index (κ1) is 13.4. The smallest absolute Gasteiger partial charge is 0.330 e.